The Labute approximate surface area is 229 Å². The summed E-state index contributed by atoms with van der Waals surface area (Å²) < 4.78 is 7.73. The Hall–Kier alpha value is -3.78. The summed E-state index contributed by atoms with van der Waals surface area (Å²) in [5.41, 5.74) is 7.86. The second-order valence-electron chi connectivity index (χ2n) is 8.74. The molecule has 0 spiro atoms. The van der Waals surface area contributed by atoms with Gasteiger partial charge in [-0.1, -0.05) is 72.8 Å². The number of benzene rings is 4. The second-order valence-corrected chi connectivity index (χ2v) is 9.72. The minimum atomic E-state index is -0.0437. The molecule has 5 nitrogen and oxygen atoms in total. The molecule has 0 radical (unpaired) electrons. The number of nitrogens with zero attached hydrogens (tertiary/aromatic N) is 2. The third kappa shape index (κ3) is 5.06. The van der Waals surface area contributed by atoms with Gasteiger partial charge in [-0.3, -0.25) is 14.2 Å². The van der Waals surface area contributed by atoms with Gasteiger partial charge in [0, 0.05) is 28.2 Å². The predicted octanol–water partition coefficient (Wildman–Crippen LogP) is 7.60. The largest absolute Gasteiger partial charge is 0.465 e. The molecule has 0 fully saturated rings. The first-order valence-corrected chi connectivity index (χ1v) is 13.2. The second kappa shape index (κ2) is 10.7. The van der Waals surface area contributed by atoms with Crippen molar-refractivity contribution >= 4 is 43.2 Å². The van der Waals surface area contributed by atoms with Crippen LogP contribution in [0.3, 0.4) is 0 Å². The van der Waals surface area contributed by atoms with Crippen LogP contribution in [0, 0.1) is 0 Å². The summed E-state index contributed by atoms with van der Waals surface area (Å²) in [6.07, 6.45) is 0. The lowest BCUT2D eigenvalue weighted by molar-refractivity contribution is 0.101. The van der Waals surface area contributed by atoms with E-state index in [0.29, 0.717) is 30.3 Å². The Kier molecular flexibility index (Phi) is 7.19. The van der Waals surface area contributed by atoms with Crippen LogP contribution in [0.1, 0.15) is 40.1 Å². The fourth-order valence-corrected chi connectivity index (χ4v) is 5.02. The number of Topliss-reactive ketones (excluding diaryl/α,β-unsaturated/α-hetero) is 1. The zero-order chi connectivity index (χ0) is 25.9. The number of carbonyl (C=O) groups is 2. The zero-order valence-corrected chi connectivity index (χ0v) is 22.7. The first-order chi connectivity index (χ1) is 18.0. The van der Waals surface area contributed by atoms with E-state index < -0.39 is 0 Å². The van der Waals surface area contributed by atoms with E-state index in [0.717, 1.165) is 38.9 Å². The third-order valence-corrected chi connectivity index (χ3v) is 6.91. The number of para-hydroxylation sites is 1. The molecule has 0 aliphatic heterocycles. The van der Waals surface area contributed by atoms with Gasteiger partial charge in [0.05, 0.1) is 29.7 Å². The van der Waals surface area contributed by atoms with Crippen molar-refractivity contribution < 1.29 is 14.3 Å². The van der Waals surface area contributed by atoms with E-state index in [1.165, 1.54) is 0 Å². The molecule has 0 aliphatic rings. The van der Waals surface area contributed by atoms with Gasteiger partial charge < -0.3 is 4.74 Å². The van der Waals surface area contributed by atoms with Gasteiger partial charge in [-0.25, -0.2) is 0 Å². The quantitative estimate of drug-likeness (QED) is 0.105. The van der Waals surface area contributed by atoms with Crippen molar-refractivity contribution in [2.45, 2.75) is 20.4 Å². The van der Waals surface area contributed by atoms with Crippen molar-refractivity contribution in [2.75, 3.05) is 6.61 Å². The highest BCUT2D eigenvalue weighted by Gasteiger charge is 2.18. The molecule has 5 aromatic rings. The van der Waals surface area contributed by atoms with Crippen molar-refractivity contribution in [2.24, 2.45) is 0 Å². The molecule has 37 heavy (non-hydrogen) atoms. The molecule has 4 aromatic carbocycles. The SMILES string of the molecule is CCOc1nc2cccc(C(=O)I)c2n1Cc1ccc(-c2cc(-c3ccccc3)ccc2C(C)=O)cc1. The summed E-state index contributed by atoms with van der Waals surface area (Å²) >= 11 is 1.81. The van der Waals surface area contributed by atoms with Crippen molar-refractivity contribution in [3.63, 3.8) is 0 Å². The maximum atomic E-state index is 12.4. The molecule has 184 valence electrons. The van der Waals surface area contributed by atoms with Gasteiger partial charge in [0.1, 0.15) is 0 Å². The van der Waals surface area contributed by atoms with E-state index in [4.69, 9.17) is 4.74 Å². The smallest absolute Gasteiger partial charge is 0.297 e. The van der Waals surface area contributed by atoms with Crippen molar-refractivity contribution in [1.82, 2.24) is 9.55 Å². The Morgan fingerprint density at radius 1 is 0.838 bits per heavy atom. The number of halogens is 1. The lowest BCUT2D eigenvalue weighted by Gasteiger charge is -2.13. The zero-order valence-electron chi connectivity index (χ0n) is 20.6. The maximum absolute atomic E-state index is 12.4. The lowest BCUT2D eigenvalue weighted by atomic mass is 9.92. The van der Waals surface area contributed by atoms with Crippen LogP contribution in [0.25, 0.3) is 33.3 Å². The monoisotopic (exact) mass is 600 g/mol. The fourth-order valence-electron chi connectivity index (χ4n) is 4.58. The van der Waals surface area contributed by atoms with E-state index in [9.17, 15) is 9.59 Å². The van der Waals surface area contributed by atoms with Gasteiger partial charge in [0.25, 0.3) is 6.01 Å². The first kappa shape index (κ1) is 24.9. The fraction of sp³-hybridized carbons (Fsp3) is 0.129. The number of imidazole rings is 1. The molecule has 0 saturated carbocycles. The minimum absolute atomic E-state index is 0.0286. The molecule has 0 N–H and O–H groups in total. The molecule has 0 atom stereocenters. The third-order valence-electron chi connectivity index (χ3n) is 6.33. The van der Waals surface area contributed by atoms with E-state index in [1.54, 1.807) is 6.92 Å². The van der Waals surface area contributed by atoms with Crippen LogP contribution >= 0.6 is 22.6 Å². The summed E-state index contributed by atoms with van der Waals surface area (Å²) in [5, 5.41) is 0. The van der Waals surface area contributed by atoms with Crippen LogP contribution in [0.4, 0.5) is 0 Å². The number of ketones is 1. The number of rotatable bonds is 8. The molecule has 0 saturated heterocycles. The van der Waals surface area contributed by atoms with E-state index in [2.05, 4.69) is 23.2 Å². The molecule has 1 aromatic heterocycles. The van der Waals surface area contributed by atoms with Gasteiger partial charge in [-0.15, -0.1) is 0 Å². The van der Waals surface area contributed by atoms with Crippen LogP contribution in [0.2, 0.25) is 0 Å². The number of carbonyl (C=O) groups excluding carboxylic acids is 2. The van der Waals surface area contributed by atoms with Gasteiger partial charge in [0.2, 0.25) is 3.79 Å². The standard InChI is InChI=1S/C31H25IN2O3/c1-3-37-31-33-28-11-7-10-26(30(32)36)29(28)34(31)19-21-12-14-23(15-13-21)27-18-24(16-17-25(27)20(2)35)22-8-5-4-6-9-22/h4-18H,3,19H2,1-2H3. The summed E-state index contributed by atoms with van der Waals surface area (Å²) in [4.78, 5) is 29.4. The van der Waals surface area contributed by atoms with Gasteiger partial charge in [0.15, 0.2) is 5.78 Å². The normalized spacial score (nSPS) is 11.0. The molecule has 0 amide bonds. The summed E-state index contributed by atoms with van der Waals surface area (Å²) in [6, 6.07) is 30.3. The van der Waals surface area contributed by atoms with Gasteiger partial charge in [-0.05, 0) is 59.9 Å². The predicted molar refractivity (Wildman–Crippen MR) is 156 cm³/mol. The molecular weight excluding hydrogens is 575 g/mol. The molecule has 0 aliphatic carbocycles. The molecule has 0 bridgehead atoms. The molecule has 0 unspecified atom stereocenters. The summed E-state index contributed by atoms with van der Waals surface area (Å²) in [6.45, 7) is 4.48. The lowest BCUT2D eigenvalue weighted by Crippen LogP contribution is -2.07. The van der Waals surface area contributed by atoms with Gasteiger partial charge >= 0.3 is 0 Å². The molecular formula is C31H25IN2O3. The molecule has 1 heterocycles. The highest BCUT2D eigenvalue weighted by atomic mass is 127. The Morgan fingerprint density at radius 2 is 1.57 bits per heavy atom. The Bertz CT molecular complexity index is 1610. The minimum Gasteiger partial charge on any atom is -0.465 e. The average molecular weight is 600 g/mol. The average Bonchev–Trinajstić information content (AvgIpc) is 3.26. The first-order valence-electron chi connectivity index (χ1n) is 12.1. The number of hydrogen-bond donors (Lipinski definition) is 0. The van der Waals surface area contributed by atoms with E-state index in [-0.39, 0.29) is 9.57 Å². The Morgan fingerprint density at radius 3 is 2.24 bits per heavy atom. The summed E-state index contributed by atoms with van der Waals surface area (Å²) in [5.74, 6) is 0.0286. The highest BCUT2D eigenvalue weighted by Crippen LogP contribution is 2.32. The van der Waals surface area contributed by atoms with Crippen molar-refractivity contribution in [3.05, 3.63) is 108 Å². The topological polar surface area (TPSA) is 61.2 Å². The highest BCUT2D eigenvalue weighted by molar-refractivity contribution is 14.1. The van der Waals surface area contributed by atoms with Crippen LogP contribution in [0.5, 0.6) is 6.01 Å². The van der Waals surface area contributed by atoms with Crippen LogP contribution < -0.4 is 4.74 Å². The maximum Gasteiger partial charge on any atom is 0.297 e. The van der Waals surface area contributed by atoms with E-state index in [1.807, 2.05) is 107 Å². The number of aromatic nitrogens is 2. The van der Waals surface area contributed by atoms with Crippen LogP contribution in [-0.4, -0.2) is 25.7 Å². The Balaban J connectivity index is 1.54. The summed E-state index contributed by atoms with van der Waals surface area (Å²) in [7, 11) is 0. The number of hydrogen-bond acceptors (Lipinski definition) is 4. The van der Waals surface area contributed by atoms with Crippen LogP contribution in [0.15, 0.2) is 91.0 Å². The van der Waals surface area contributed by atoms with Gasteiger partial charge in [-0.2, -0.15) is 4.98 Å². The van der Waals surface area contributed by atoms with Crippen molar-refractivity contribution in [3.8, 4) is 28.3 Å². The number of ether oxygens (including phenoxy) is 1. The number of fused-ring (bicyclic) bond motifs is 1. The van der Waals surface area contributed by atoms with Crippen LogP contribution in [-0.2, 0) is 6.54 Å². The van der Waals surface area contributed by atoms with Crippen molar-refractivity contribution in [1.29, 1.82) is 0 Å². The molecule has 5 rings (SSSR count). The van der Waals surface area contributed by atoms with E-state index >= 15 is 0 Å². The molecule has 6 heteroatoms.